The minimum atomic E-state index is -0.684. The number of hydrogen-bond donors (Lipinski definition) is 0. The summed E-state index contributed by atoms with van der Waals surface area (Å²) >= 11 is 0. The van der Waals surface area contributed by atoms with Crippen LogP contribution in [0.4, 0.5) is 0 Å². The molecule has 0 amide bonds. The summed E-state index contributed by atoms with van der Waals surface area (Å²) in [5.74, 6) is 0. The molecule has 0 saturated heterocycles. The van der Waals surface area contributed by atoms with E-state index in [1.165, 1.54) is 11.4 Å². The summed E-state index contributed by atoms with van der Waals surface area (Å²) in [7, 11) is -0.684. The fraction of sp³-hybridized carbons (Fsp3) is 0.467. The zero-order valence-corrected chi connectivity index (χ0v) is 12.8. The molecular formula is C15H23N2Si. The lowest BCUT2D eigenvalue weighted by molar-refractivity contribution is 0.317. The molecule has 0 atom stereocenters. The minimum absolute atomic E-state index is 0.574. The quantitative estimate of drug-likeness (QED) is 0.769. The van der Waals surface area contributed by atoms with Crippen LogP contribution in [0, 0.1) is 0 Å². The first kappa shape index (κ1) is 13.2. The van der Waals surface area contributed by atoms with Crippen molar-refractivity contribution in [3.8, 4) is 0 Å². The van der Waals surface area contributed by atoms with Crippen molar-refractivity contribution in [3.05, 3.63) is 42.7 Å². The summed E-state index contributed by atoms with van der Waals surface area (Å²) in [6.07, 6.45) is 5.71. The third-order valence-corrected chi connectivity index (χ3v) is 6.34. The van der Waals surface area contributed by atoms with E-state index >= 15 is 0 Å². The van der Waals surface area contributed by atoms with Crippen LogP contribution < -0.4 is 5.19 Å². The van der Waals surface area contributed by atoms with Crippen LogP contribution in [0.1, 0.15) is 27.7 Å². The topological polar surface area (TPSA) is 6.48 Å². The number of nitrogens with zero attached hydrogens (tertiary/aromatic N) is 2. The SMILES string of the molecule is CC(C)N1C=CN(C(C)C)[Si](c2ccccc2)C1. The van der Waals surface area contributed by atoms with Gasteiger partial charge in [0.15, 0.2) is 0 Å². The summed E-state index contributed by atoms with van der Waals surface area (Å²) in [5.41, 5.74) is 0. The van der Waals surface area contributed by atoms with Crippen molar-refractivity contribution in [2.75, 3.05) is 6.17 Å². The number of benzene rings is 1. The Balaban J connectivity index is 2.27. The summed E-state index contributed by atoms with van der Waals surface area (Å²) < 4.78 is 2.55. The van der Waals surface area contributed by atoms with Gasteiger partial charge in [0.2, 0.25) is 8.96 Å². The van der Waals surface area contributed by atoms with Gasteiger partial charge < -0.3 is 9.47 Å². The third-order valence-electron chi connectivity index (χ3n) is 3.39. The molecule has 0 bridgehead atoms. The second-order valence-electron chi connectivity index (χ2n) is 5.38. The molecule has 1 aliphatic heterocycles. The van der Waals surface area contributed by atoms with E-state index in [-0.39, 0.29) is 0 Å². The van der Waals surface area contributed by atoms with Gasteiger partial charge in [-0.15, -0.1) is 0 Å². The highest BCUT2D eigenvalue weighted by Gasteiger charge is 2.29. The van der Waals surface area contributed by atoms with E-state index in [2.05, 4.69) is 79.9 Å². The highest BCUT2D eigenvalue weighted by atomic mass is 28.3. The van der Waals surface area contributed by atoms with Gasteiger partial charge in [-0.3, -0.25) is 0 Å². The van der Waals surface area contributed by atoms with Crippen LogP contribution >= 0.6 is 0 Å². The van der Waals surface area contributed by atoms with E-state index in [0.29, 0.717) is 12.1 Å². The minimum Gasteiger partial charge on any atom is -0.395 e. The predicted octanol–water partition coefficient (Wildman–Crippen LogP) is 2.33. The smallest absolute Gasteiger partial charge is 0.226 e. The summed E-state index contributed by atoms with van der Waals surface area (Å²) in [6, 6.07) is 12.1. The number of hydrogen-bond acceptors (Lipinski definition) is 2. The molecule has 2 rings (SSSR count). The fourth-order valence-electron chi connectivity index (χ4n) is 2.26. The van der Waals surface area contributed by atoms with Crippen LogP contribution in [-0.2, 0) is 0 Å². The Morgan fingerprint density at radius 2 is 1.61 bits per heavy atom. The monoisotopic (exact) mass is 259 g/mol. The van der Waals surface area contributed by atoms with E-state index in [9.17, 15) is 0 Å². The maximum Gasteiger partial charge on any atom is 0.226 e. The van der Waals surface area contributed by atoms with Gasteiger partial charge in [0.1, 0.15) is 0 Å². The average molecular weight is 259 g/mol. The van der Waals surface area contributed by atoms with Crippen LogP contribution in [0.3, 0.4) is 0 Å². The van der Waals surface area contributed by atoms with Crippen LogP contribution in [0.25, 0.3) is 0 Å². The second-order valence-corrected chi connectivity index (χ2v) is 7.68. The van der Waals surface area contributed by atoms with Gasteiger partial charge >= 0.3 is 0 Å². The third kappa shape index (κ3) is 2.78. The maximum atomic E-state index is 2.55. The van der Waals surface area contributed by atoms with Crippen LogP contribution in [0.5, 0.6) is 0 Å². The van der Waals surface area contributed by atoms with Crippen LogP contribution in [0.15, 0.2) is 42.7 Å². The van der Waals surface area contributed by atoms with Crippen molar-refractivity contribution in [2.24, 2.45) is 0 Å². The van der Waals surface area contributed by atoms with Crippen molar-refractivity contribution in [1.82, 2.24) is 9.47 Å². The van der Waals surface area contributed by atoms with E-state index in [1.54, 1.807) is 0 Å². The molecule has 0 aliphatic carbocycles. The van der Waals surface area contributed by atoms with Crippen molar-refractivity contribution < 1.29 is 0 Å². The Bertz CT molecular complexity index is 400. The molecule has 0 fully saturated rings. The molecule has 1 aromatic carbocycles. The van der Waals surface area contributed by atoms with Crippen LogP contribution in [-0.4, -0.2) is 36.7 Å². The Hall–Kier alpha value is -1.22. The second kappa shape index (κ2) is 5.61. The summed E-state index contributed by atoms with van der Waals surface area (Å²) in [4.78, 5) is 2.46. The predicted molar refractivity (Wildman–Crippen MR) is 79.8 cm³/mol. The highest BCUT2D eigenvalue weighted by Crippen LogP contribution is 2.14. The first-order valence-corrected chi connectivity index (χ1v) is 8.38. The molecule has 0 saturated carbocycles. The molecule has 1 aliphatic rings. The van der Waals surface area contributed by atoms with Crippen molar-refractivity contribution in [3.63, 3.8) is 0 Å². The Kier molecular flexibility index (Phi) is 4.12. The first-order valence-electron chi connectivity index (χ1n) is 6.73. The van der Waals surface area contributed by atoms with Gasteiger partial charge in [-0.2, -0.15) is 0 Å². The molecule has 0 unspecified atom stereocenters. The van der Waals surface area contributed by atoms with E-state index in [4.69, 9.17) is 0 Å². The maximum absolute atomic E-state index is 2.55. The molecule has 3 heteroatoms. The first-order chi connectivity index (χ1) is 8.59. The Labute approximate surface area is 113 Å². The normalized spacial score (nSPS) is 17.0. The van der Waals surface area contributed by atoms with Gasteiger partial charge in [-0.1, -0.05) is 30.3 Å². The molecule has 0 N–H and O–H groups in total. The molecular weight excluding hydrogens is 236 g/mol. The molecule has 1 radical (unpaired) electrons. The zero-order chi connectivity index (χ0) is 13.1. The van der Waals surface area contributed by atoms with E-state index < -0.39 is 8.96 Å². The number of rotatable bonds is 3. The average Bonchev–Trinajstić information content (AvgIpc) is 2.39. The van der Waals surface area contributed by atoms with Crippen LogP contribution in [0.2, 0.25) is 0 Å². The standard InChI is InChI=1S/C15H23N2Si/c1-13(2)16-10-11-17(14(3)4)18(12-16)15-8-6-5-7-9-15/h5-11,13-14H,12H2,1-4H3. The molecule has 1 heterocycles. The van der Waals surface area contributed by atoms with Gasteiger partial charge in [0.05, 0.1) is 0 Å². The van der Waals surface area contributed by atoms with Crippen molar-refractivity contribution in [1.29, 1.82) is 0 Å². The fourth-order valence-corrected chi connectivity index (χ4v) is 5.17. The summed E-state index contributed by atoms with van der Waals surface area (Å²) in [5, 5.41) is 1.51. The van der Waals surface area contributed by atoms with Crippen molar-refractivity contribution in [2.45, 2.75) is 39.8 Å². The summed E-state index contributed by atoms with van der Waals surface area (Å²) in [6.45, 7) is 9.09. The van der Waals surface area contributed by atoms with E-state index in [1.807, 2.05) is 0 Å². The largest absolute Gasteiger partial charge is 0.395 e. The van der Waals surface area contributed by atoms with Gasteiger partial charge in [0, 0.05) is 30.7 Å². The van der Waals surface area contributed by atoms with Gasteiger partial charge in [-0.25, -0.2) is 0 Å². The lowest BCUT2D eigenvalue weighted by atomic mass is 10.3. The van der Waals surface area contributed by atoms with Crippen molar-refractivity contribution >= 4 is 14.1 Å². The van der Waals surface area contributed by atoms with E-state index in [0.717, 1.165) is 0 Å². The molecule has 97 valence electrons. The molecule has 2 nitrogen and oxygen atoms in total. The molecule has 18 heavy (non-hydrogen) atoms. The van der Waals surface area contributed by atoms with Gasteiger partial charge in [0.25, 0.3) is 0 Å². The molecule has 1 aromatic rings. The molecule has 0 aromatic heterocycles. The lowest BCUT2D eigenvalue weighted by Gasteiger charge is -2.41. The lowest BCUT2D eigenvalue weighted by Crippen LogP contribution is -2.58. The Morgan fingerprint density at radius 1 is 0.944 bits per heavy atom. The van der Waals surface area contributed by atoms with Gasteiger partial charge in [-0.05, 0) is 32.9 Å². The molecule has 0 spiro atoms. The zero-order valence-electron chi connectivity index (χ0n) is 11.8. The highest BCUT2D eigenvalue weighted by molar-refractivity contribution is 6.71. The Morgan fingerprint density at radius 3 is 2.17 bits per heavy atom.